The minimum Gasteiger partial charge on any atom is -0.306 e. The SMILES string of the molecule is CC(C)CN1C(=O)C(=NN=C(C(=O)c2ccccc2)c2ccccc2)c2ccccc21. The first kappa shape index (κ1) is 20.4. The van der Waals surface area contributed by atoms with Crippen molar-refractivity contribution < 1.29 is 9.59 Å². The predicted molar refractivity (Wildman–Crippen MR) is 124 cm³/mol. The van der Waals surface area contributed by atoms with Crippen molar-refractivity contribution in [3.8, 4) is 0 Å². The second-order valence-electron chi connectivity index (χ2n) is 7.79. The van der Waals surface area contributed by atoms with Crippen molar-refractivity contribution in [2.24, 2.45) is 16.1 Å². The predicted octanol–water partition coefficient (Wildman–Crippen LogP) is 4.77. The highest BCUT2D eigenvalue weighted by Gasteiger charge is 2.34. The maximum atomic E-state index is 13.2. The maximum absolute atomic E-state index is 13.2. The quantitative estimate of drug-likeness (QED) is 0.335. The van der Waals surface area contributed by atoms with E-state index in [4.69, 9.17) is 0 Å². The van der Waals surface area contributed by atoms with Crippen LogP contribution in [0.1, 0.15) is 35.3 Å². The van der Waals surface area contributed by atoms with E-state index in [1.54, 1.807) is 17.0 Å². The van der Waals surface area contributed by atoms with Crippen LogP contribution in [0.3, 0.4) is 0 Å². The molecule has 31 heavy (non-hydrogen) atoms. The summed E-state index contributed by atoms with van der Waals surface area (Å²) < 4.78 is 0. The van der Waals surface area contributed by atoms with E-state index < -0.39 is 0 Å². The summed E-state index contributed by atoms with van der Waals surface area (Å²) >= 11 is 0. The Labute approximate surface area is 181 Å². The molecule has 0 N–H and O–H groups in total. The van der Waals surface area contributed by atoms with Crippen LogP contribution >= 0.6 is 0 Å². The summed E-state index contributed by atoms with van der Waals surface area (Å²) in [6.07, 6.45) is 0. The summed E-state index contributed by atoms with van der Waals surface area (Å²) in [6, 6.07) is 25.7. The number of hydrogen-bond donors (Lipinski definition) is 0. The van der Waals surface area contributed by atoms with E-state index in [9.17, 15) is 9.59 Å². The van der Waals surface area contributed by atoms with Crippen LogP contribution in [0.5, 0.6) is 0 Å². The zero-order valence-corrected chi connectivity index (χ0v) is 17.5. The highest BCUT2D eigenvalue weighted by Crippen LogP contribution is 2.30. The van der Waals surface area contributed by atoms with Crippen molar-refractivity contribution in [3.05, 3.63) is 102 Å². The Bertz CT molecular complexity index is 1170. The maximum Gasteiger partial charge on any atom is 0.279 e. The molecule has 0 radical (unpaired) electrons. The van der Waals surface area contributed by atoms with Gasteiger partial charge in [-0.3, -0.25) is 9.59 Å². The molecule has 0 spiro atoms. The monoisotopic (exact) mass is 409 g/mol. The molecule has 154 valence electrons. The lowest BCUT2D eigenvalue weighted by Gasteiger charge is -2.18. The third-order valence-corrected chi connectivity index (χ3v) is 4.99. The normalized spacial score (nSPS) is 14.9. The Kier molecular flexibility index (Phi) is 5.85. The fourth-order valence-electron chi connectivity index (χ4n) is 3.56. The number of amides is 1. The van der Waals surface area contributed by atoms with Crippen molar-refractivity contribution >= 4 is 28.8 Å². The van der Waals surface area contributed by atoms with Crippen molar-refractivity contribution in [1.82, 2.24) is 0 Å². The van der Waals surface area contributed by atoms with Gasteiger partial charge in [0.15, 0.2) is 5.71 Å². The van der Waals surface area contributed by atoms with Gasteiger partial charge in [0, 0.05) is 23.2 Å². The highest BCUT2D eigenvalue weighted by molar-refractivity contribution is 6.55. The molecule has 1 heterocycles. The standard InChI is InChI=1S/C26H23N3O2/c1-18(2)17-29-22-16-10-9-15-21(22)24(26(29)31)28-27-23(19-11-5-3-6-12-19)25(30)20-13-7-4-8-14-20/h3-16,18H,17H2,1-2H3. The Morgan fingerprint density at radius 3 is 2.06 bits per heavy atom. The molecule has 0 bridgehead atoms. The smallest absolute Gasteiger partial charge is 0.279 e. The lowest BCUT2D eigenvalue weighted by Crippen LogP contribution is -2.33. The highest BCUT2D eigenvalue weighted by atomic mass is 16.2. The molecule has 1 aliphatic heterocycles. The van der Waals surface area contributed by atoms with Crippen LogP contribution in [0.4, 0.5) is 5.69 Å². The largest absolute Gasteiger partial charge is 0.306 e. The Morgan fingerprint density at radius 2 is 1.42 bits per heavy atom. The summed E-state index contributed by atoms with van der Waals surface area (Å²) in [4.78, 5) is 28.1. The molecule has 1 amide bonds. The number of fused-ring (bicyclic) bond motifs is 1. The number of rotatable bonds is 6. The number of anilines is 1. The fourth-order valence-corrected chi connectivity index (χ4v) is 3.56. The van der Waals surface area contributed by atoms with Crippen LogP contribution < -0.4 is 4.90 Å². The van der Waals surface area contributed by atoms with Gasteiger partial charge < -0.3 is 4.90 Å². The number of para-hydroxylation sites is 1. The lowest BCUT2D eigenvalue weighted by molar-refractivity contribution is -0.112. The molecule has 0 saturated heterocycles. The minimum absolute atomic E-state index is 0.196. The molecule has 3 aromatic carbocycles. The van der Waals surface area contributed by atoms with Gasteiger partial charge >= 0.3 is 0 Å². The summed E-state index contributed by atoms with van der Waals surface area (Å²) in [6.45, 7) is 4.72. The van der Waals surface area contributed by atoms with E-state index in [0.717, 1.165) is 11.3 Å². The molecule has 0 atom stereocenters. The molecular weight excluding hydrogens is 386 g/mol. The average Bonchev–Trinajstić information content (AvgIpc) is 3.06. The number of benzene rings is 3. The molecule has 0 fully saturated rings. The summed E-state index contributed by atoms with van der Waals surface area (Å²) in [7, 11) is 0. The number of nitrogens with zero attached hydrogens (tertiary/aromatic N) is 3. The third-order valence-electron chi connectivity index (χ3n) is 4.99. The van der Waals surface area contributed by atoms with Crippen LogP contribution in [0, 0.1) is 5.92 Å². The third kappa shape index (κ3) is 4.21. The van der Waals surface area contributed by atoms with E-state index in [-0.39, 0.29) is 23.1 Å². The van der Waals surface area contributed by atoms with Gasteiger partial charge in [0.1, 0.15) is 5.71 Å². The average molecular weight is 409 g/mol. The summed E-state index contributed by atoms with van der Waals surface area (Å²) in [5.74, 6) is -0.133. The molecule has 0 saturated carbocycles. The van der Waals surface area contributed by atoms with E-state index in [0.29, 0.717) is 23.6 Å². The Morgan fingerprint density at radius 1 is 0.839 bits per heavy atom. The van der Waals surface area contributed by atoms with Crippen molar-refractivity contribution in [2.45, 2.75) is 13.8 Å². The number of carbonyl (C=O) groups is 2. The molecule has 5 heteroatoms. The minimum atomic E-state index is -0.242. The van der Waals surface area contributed by atoms with Crippen molar-refractivity contribution in [3.63, 3.8) is 0 Å². The van der Waals surface area contributed by atoms with E-state index in [1.165, 1.54) is 0 Å². The molecule has 3 aromatic rings. The van der Waals surface area contributed by atoms with Crippen LogP contribution in [-0.2, 0) is 4.79 Å². The van der Waals surface area contributed by atoms with Gasteiger partial charge in [-0.15, -0.1) is 10.2 Å². The Balaban J connectivity index is 1.80. The van der Waals surface area contributed by atoms with E-state index in [1.807, 2.05) is 72.8 Å². The van der Waals surface area contributed by atoms with Gasteiger partial charge in [-0.1, -0.05) is 92.7 Å². The first-order valence-corrected chi connectivity index (χ1v) is 10.3. The van der Waals surface area contributed by atoms with Gasteiger partial charge in [-0.2, -0.15) is 0 Å². The second kappa shape index (κ2) is 8.88. The molecule has 0 aliphatic carbocycles. The zero-order chi connectivity index (χ0) is 21.8. The molecule has 0 aromatic heterocycles. The number of ketones is 1. The van der Waals surface area contributed by atoms with Crippen molar-refractivity contribution in [1.29, 1.82) is 0 Å². The topological polar surface area (TPSA) is 62.1 Å². The zero-order valence-electron chi connectivity index (χ0n) is 17.5. The molecule has 1 aliphatic rings. The van der Waals surface area contributed by atoms with Gasteiger partial charge in [-0.05, 0) is 12.0 Å². The van der Waals surface area contributed by atoms with E-state index >= 15 is 0 Å². The van der Waals surface area contributed by atoms with Gasteiger partial charge in [-0.25, -0.2) is 0 Å². The molecule has 0 unspecified atom stereocenters. The fraction of sp³-hybridized carbons (Fsp3) is 0.154. The first-order chi connectivity index (χ1) is 15.1. The Hall–Kier alpha value is -3.86. The van der Waals surface area contributed by atoms with Crippen LogP contribution in [-0.4, -0.2) is 29.7 Å². The van der Waals surface area contributed by atoms with Crippen molar-refractivity contribution in [2.75, 3.05) is 11.4 Å². The number of hydrogen-bond acceptors (Lipinski definition) is 4. The van der Waals surface area contributed by atoms with Crippen LogP contribution in [0.2, 0.25) is 0 Å². The van der Waals surface area contributed by atoms with Gasteiger partial charge in [0.05, 0.1) is 5.69 Å². The van der Waals surface area contributed by atoms with Crippen LogP contribution in [0.15, 0.2) is 95.1 Å². The molecule has 5 nitrogen and oxygen atoms in total. The number of carbonyl (C=O) groups excluding carboxylic acids is 2. The first-order valence-electron chi connectivity index (χ1n) is 10.3. The summed E-state index contributed by atoms with van der Waals surface area (Å²) in [5.41, 5.74) is 3.18. The van der Waals surface area contributed by atoms with Gasteiger partial charge in [0.25, 0.3) is 5.91 Å². The van der Waals surface area contributed by atoms with Crippen LogP contribution in [0.25, 0.3) is 0 Å². The van der Waals surface area contributed by atoms with Gasteiger partial charge in [0.2, 0.25) is 5.78 Å². The molecule has 4 rings (SSSR count). The molecular formula is C26H23N3O2. The summed E-state index contributed by atoms with van der Waals surface area (Å²) in [5, 5.41) is 8.64. The lowest BCUT2D eigenvalue weighted by atomic mass is 10.0. The second-order valence-corrected chi connectivity index (χ2v) is 7.79. The number of Topliss-reactive ketones (excluding diaryl/α,β-unsaturated/α-hetero) is 1. The van der Waals surface area contributed by atoms with E-state index in [2.05, 4.69) is 24.1 Å².